The Kier molecular flexibility index (Phi) is 1.74. The Morgan fingerprint density at radius 1 is 1.57 bits per heavy atom. The van der Waals surface area contributed by atoms with Crippen molar-refractivity contribution in [3.8, 4) is 6.07 Å². The topological polar surface area (TPSA) is 75.8 Å². The number of hydrogen-bond acceptors (Lipinski definition) is 3. The fourth-order valence-electron chi connectivity index (χ4n) is 0.0882. The molecule has 0 atom stereocenters. The lowest BCUT2D eigenvalue weighted by atomic mass is 10.4. The lowest BCUT2D eigenvalue weighted by Gasteiger charge is -1.86. The molecule has 0 aliphatic carbocycles. The summed E-state index contributed by atoms with van der Waals surface area (Å²) >= 11 is 0. The zero-order valence-corrected chi connectivity index (χ0v) is 4.10. The van der Waals surface area contributed by atoms with Crippen LogP contribution in [0.15, 0.2) is 11.4 Å². The molecule has 4 N–H and O–H groups in total. The minimum atomic E-state index is 0.0972. The van der Waals surface area contributed by atoms with E-state index in [1.807, 2.05) is 0 Å². The van der Waals surface area contributed by atoms with Gasteiger partial charge in [-0.15, -0.1) is 0 Å². The van der Waals surface area contributed by atoms with Crippen molar-refractivity contribution in [2.75, 3.05) is 0 Å². The van der Waals surface area contributed by atoms with Gasteiger partial charge in [0.1, 0.15) is 11.8 Å². The quantitative estimate of drug-likeness (QED) is 0.406. The van der Waals surface area contributed by atoms with Crippen molar-refractivity contribution >= 4 is 0 Å². The molecule has 0 aliphatic rings. The minimum Gasteiger partial charge on any atom is -0.400 e. The van der Waals surface area contributed by atoms with Crippen LogP contribution in [0.3, 0.4) is 0 Å². The third-order valence-corrected chi connectivity index (χ3v) is 0.545. The average molecular weight is 97.1 g/mol. The highest BCUT2D eigenvalue weighted by atomic mass is 14.7. The second-order valence-corrected chi connectivity index (χ2v) is 1.21. The summed E-state index contributed by atoms with van der Waals surface area (Å²) in [5.41, 5.74) is 10.6. The van der Waals surface area contributed by atoms with Crippen molar-refractivity contribution < 1.29 is 0 Å². The summed E-state index contributed by atoms with van der Waals surface area (Å²) in [5, 5.41) is 7.99. The van der Waals surface area contributed by atoms with Crippen LogP contribution < -0.4 is 11.5 Å². The van der Waals surface area contributed by atoms with Crippen LogP contribution in [0.25, 0.3) is 0 Å². The Hall–Kier alpha value is -1.17. The minimum absolute atomic E-state index is 0.0972. The standard InChI is InChI=1S/C4H7N3/c1-3(6)4(7)2-5/h6-7H2,1H3/b4-3+. The fraction of sp³-hybridized carbons (Fsp3) is 0.250. The van der Waals surface area contributed by atoms with E-state index in [1.165, 1.54) is 0 Å². The van der Waals surface area contributed by atoms with Crippen LogP contribution in [0.4, 0.5) is 0 Å². The molecule has 0 fully saturated rings. The molecule has 3 heteroatoms. The third-order valence-electron chi connectivity index (χ3n) is 0.545. The molecule has 0 radical (unpaired) electrons. The maximum absolute atomic E-state index is 7.99. The Morgan fingerprint density at radius 3 is 2.00 bits per heavy atom. The fourth-order valence-corrected chi connectivity index (χ4v) is 0.0882. The molecule has 0 aromatic heterocycles. The molecule has 38 valence electrons. The summed E-state index contributed by atoms with van der Waals surface area (Å²) < 4.78 is 0. The van der Waals surface area contributed by atoms with Gasteiger partial charge in [-0.25, -0.2) is 0 Å². The smallest absolute Gasteiger partial charge is 0.129 e. The molecular weight excluding hydrogens is 90.1 g/mol. The SMILES string of the molecule is C/C(N)=C(\N)C#N. The van der Waals surface area contributed by atoms with Crippen molar-refractivity contribution in [3.05, 3.63) is 11.4 Å². The molecule has 0 spiro atoms. The first-order valence-corrected chi connectivity index (χ1v) is 1.80. The molecule has 7 heavy (non-hydrogen) atoms. The molecule has 0 bridgehead atoms. The highest BCUT2D eigenvalue weighted by molar-refractivity contribution is 5.20. The zero-order chi connectivity index (χ0) is 5.86. The van der Waals surface area contributed by atoms with Gasteiger partial charge in [0, 0.05) is 5.70 Å². The predicted octanol–water partition coefficient (Wildman–Crippen LogP) is -0.341. The zero-order valence-electron chi connectivity index (χ0n) is 4.10. The van der Waals surface area contributed by atoms with Crippen LogP contribution in [0.1, 0.15) is 6.92 Å². The molecule has 3 nitrogen and oxygen atoms in total. The van der Waals surface area contributed by atoms with Crippen LogP contribution in [0, 0.1) is 11.3 Å². The molecule has 0 amide bonds. The van der Waals surface area contributed by atoms with E-state index in [1.54, 1.807) is 13.0 Å². The highest BCUT2D eigenvalue weighted by Gasteiger charge is 1.84. The van der Waals surface area contributed by atoms with E-state index in [0.29, 0.717) is 5.70 Å². The van der Waals surface area contributed by atoms with E-state index in [9.17, 15) is 0 Å². The lowest BCUT2D eigenvalue weighted by Crippen LogP contribution is -2.03. The van der Waals surface area contributed by atoms with Gasteiger partial charge in [-0.05, 0) is 6.92 Å². The van der Waals surface area contributed by atoms with Crippen molar-refractivity contribution in [2.45, 2.75) is 6.92 Å². The average Bonchev–Trinajstić information content (AvgIpc) is 1.65. The summed E-state index contributed by atoms with van der Waals surface area (Å²) in [7, 11) is 0. The maximum Gasteiger partial charge on any atom is 0.129 e. The third kappa shape index (κ3) is 1.66. The Morgan fingerprint density at radius 2 is 2.00 bits per heavy atom. The van der Waals surface area contributed by atoms with Crippen molar-refractivity contribution in [2.24, 2.45) is 11.5 Å². The monoisotopic (exact) mass is 97.1 g/mol. The summed E-state index contributed by atoms with van der Waals surface area (Å²) in [6, 6.07) is 1.70. The number of hydrogen-bond donors (Lipinski definition) is 2. The molecule has 0 rings (SSSR count). The Balaban J connectivity index is 4.07. The van der Waals surface area contributed by atoms with E-state index in [-0.39, 0.29) is 5.70 Å². The summed E-state index contributed by atoms with van der Waals surface area (Å²) in [4.78, 5) is 0. The summed E-state index contributed by atoms with van der Waals surface area (Å²) in [5.74, 6) is 0. The first-order chi connectivity index (χ1) is 3.18. The van der Waals surface area contributed by atoms with E-state index in [2.05, 4.69) is 0 Å². The van der Waals surface area contributed by atoms with Gasteiger partial charge in [-0.2, -0.15) is 5.26 Å². The van der Waals surface area contributed by atoms with E-state index in [4.69, 9.17) is 16.7 Å². The van der Waals surface area contributed by atoms with Gasteiger partial charge in [0.2, 0.25) is 0 Å². The van der Waals surface area contributed by atoms with Gasteiger partial charge in [0.25, 0.3) is 0 Å². The Labute approximate surface area is 42.2 Å². The first-order valence-electron chi connectivity index (χ1n) is 1.80. The molecule has 0 aromatic rings. The lowest BCUT2D eigenvalue weighted by molar-refractivity contribution is 1.21. The molecule has 0 saturated heterocycles. The van der Waals surface area contributed by atoms with E-state index >= 15 is 0 Å². The molecule has 0 heterocycles. The predicted molar refractivity (Wildman–Crippen MR) is 26.7 cm³/mol. The largest absolute Gasteiger partial charge is 0.400 e. The maximum atomic E-state index is 7.99. The van der Waals surface area contributed by atoms with Gasteiger partial charge in [-0.1, -0.05) is 0 Å². The van der Waals surface area contributed by atoms with Gasteiger partial charge >= 0.3 is 0 Å². The first kappa shape index (κ1) is 5.83. The van der Waals surface area contributed by atoms with Crippen LogP contribution in [0.2, 0.25) is 0 Å². The number of rotatable bonds is 0. The molecular formula is C4H7N3. The van der Waals surface area contributed by atoms with Crippen LogP contribution in [-0.4, -0.2) is 0 Å². The van der Waals surface area contributed by atoms with Crippen LogP contribution in [-0.2, 0) is 0 Å². The van der Waals surface area contributed by atoms with E-state index in [0.717, 1.165) is 0 Å². The van der Waals surface area contributed by atoms with Crippen LogP contribution in [0.5, 0.6) is 0 Å². The molecule has 0 saturated carbocycles. The number of nitrogens with two attached hydrogens (primary N) is 2. The number of nitrogens with zero attached hydrogens (tertiary/aromatic N) is 1. The highest BCUT2D eigenvalue weighted by Crippen LogP contribution is 1.82. The number of nitriles is 1. The van der Waals surface area contributed by atoms with Gasteiger partial charge < -0.3 is 11.5 Å². The Bertz CT molecular complexity index is 124. The van der Waals surface area contributed by atoms with Crippen molar-refractivity contribution in [1.29, 1.82) is 5.26 Å². The van der Waals surface area contributed by atoms with Gasteiger partial charge in [0.15, 0.2) is 0 Å². The summed E-state index contributed by atoms with van der Waals surface area (Å²) in [6.45, 7) is 1.58. The van der Waals surface area contributed by atoms with Gasteiger partial charge in [-0.3, -0.25) is 0 Å². The number of allylic oxidation sites excluding steroid dienone is 2. The second-order valence-electron chi connectivity index (χ2n) is 1.21. The van der Waals surface area contributed by atoms with Crippen LogP contribution >= 0.6 is 0 Å². The van der Waals surface area contributed by atoms with E-state index < -0.39 is 0 Å². The van der Waals surface area contributed by atoms with Crippen molar-refractivity contribution in [1.82, 2.24) is 0 Å². The van der Waals surface area contributed by atoms with Crippen molar-refractivity contribution in [3.63, 3.8) is 0 Å². The normalized spacial score (nSPS) is 12.0. The summed E-state index contributed by atoms with van der Waals surface area (Å²) in [6.07, 6.45) is 0. The molecule has 0 unspecified atom stereocenters. The second kappa shape index (κ2) is 2.08. The molecule has 0 aromatic carbocycles. The molecule has 0 aliphatic heterocycles. The van der Waals surface area contributed by atoms with Gasteiger partial charge in [0.05, 0.1) is 0 Å².